The second-order valence-corrected chi connectivity index (χ2v) is 5.77. The zero-order valence-electron chi connectivity index (χ0n) is 14.5. The normalized spacial score (nSPS) is 11.1. The van der Waals surface area contributed by atoms with Gasteiger partial charge >= 0.3 is 11.9 Å². The predicted octanol–water partition coefficient (Wildman–Crippen LogP) is 3.92. The van der Waals surface area contributed by atoms with Crippen molar-refractivity contribution in [2.45, 2.75) is 52.9 Å². The van der Waals surface area contributed by atoms with Crippen LogP contribution in [0.5, 0.6) is 0 Å². The van der Waals surface area contributed by atoms with Crippen molar-refractivity contribution in [3.8, 4) is 0 Å². The molecule has 0 aliphatic heterocycles. The minimum absolute atomic E-state index is 0.312. The van der Waals surface area contributed by atoms with Gasteiger partial charge in [0.05, 0.1) is 13.2 Å². The molecule has 0 saturated carbocycles. The molecule has 0 radical (unpaired) electrons. The van der Waals surface area contributed by atoms with Crippen molar-refractivity contribution in [2.24, 2.45) is 5.41 Å². The van der Waals surface area contributed by atoms with Crippen molar-refractivity contribution in [3.63, 3.8) is 0 Å². The van der Waals surface area contributed by atoms with E-state index in [9.17, 15) is 9.59 Å². The minimum Gasteiger partial charge on any atom is -0.465 e. The van der Waals surface area contributed by atoms with Gasteiger partial charge in [0, 0.05) is 0 Å². The summed E-state index contributed by atoms with van der Waals surface area (Å²) < 4.78 is 10.7. The van der Waals surface area contributed by atoms with Crippen LogP contribution in [0.1, 0.15) is 52.0 Å². The summed E-state index contributed by atoms with van der Waals surface area (Å²) in [4.78, 5) is 25.4. The maximum Gasteiger partial charge on any atom is 0.323 e. The highest BCUT2D eigenvalue weighted by Gasteiger charge is 2.48. The van der Waals surface area contributed by atoms with Gasteiger partial charge in [-0.1, -0.05) is 57.5 Å². The molecule has 0 fully saturated rings. The Bertz CT molecular complexity index is 461. The molecule has 0 spiro atoms. The zero-order valence-corrected chi connectivity index (χ0v) is 14.5. The summed E-state index contributed by atoms with van der Waals surface area (Å²) in [5, 5.41) is 0. The fraction of sp³-hybridized carbons (Fsp3) is 0.579. The number of ether oxygens (including phenoxy) is 2. The van der Waals surface area contributed by atoms with Crippen LogP contribution in [0, 0.1) is 5.41 Å². The van der Waals surface area contributed by atoms with E-state index in [1.807, 2.05) is 51.1 Å². The van der Waals surface area contributed by atoms with E-state index in [-0.39, 0.29) is 0 Å². The average Bonchev–Trinajstić information content (AvgIpc) is 2.57. The standard InChI is InChI=1S/C19H28O4/c1-4-12-19(17(20)22-13-5-2,18(21)23-14-6-3)15-16-10-8-7-9-11-16/h7-11H,4-6,12-15H2,1-3H3. The lowest BCUT2D eigenvalue weighted by atomic mass is 9.77. The SMILES string of the molecule is CCCOC(=O)C(CCC)(Cc1ccccc1)C(=O)OCCC. The lowest BCUT2D eigenvalue weighted by Gasteiger charge is -2.29. The first kappa shape index (κ1) is 19.2. The number of esters is 2. The highest BCUT2D eigenvalue weighted by molar-refractivity contribution is 6.00. The number of carbonyl (C=O) groups excluding carboxylic acids is 2. The third-order valence-corrected chi connectivity index (χ3v) is 3.68. The topological polar surface area (TPSA) is 52.6 Å². The lowest BCUT2D eigenvalue weighted by Crippen LogP contribution is -2.44. The van der Waals surface area contributed by atoms with E-state index >= 15 is 0 Å². The molecule has 0 amide bonds. The summed E-state index contributed by atoms with van der Waals surface area (Å²) >= 11 is 0. The fourth-order valence-electron chi connectivity index (χ4n) is 2.56. The van der Waals surface area contributed by atoms with Gasteiger partial charge in [-0.3, -0.25) is 9.59 Å². The number of hydrogen-bond donors (Lipinski definition) is 0. The van der Waals surface area contributed by atoms with E-state index in [1.165, 1.54) is 0 Å². The molecule has 0 aliphatic rings. The van der Waals surface area contributed by atoms with Gasteiger partial charge in [-0.05, 0) is 31.2 Å². The van der Waals surface area contributed by atoms with Gasteiger partial charge in [0.15, 0.2) is 5.41 Å². The highest BCUT2D eigenvalue weighted by Crippen LogP contribution is 2.32. The van der Waals surface area contributed by atoms with Crippen LogP contribution in [-0.2, 0) is 25.5 Å². The molecule has 0 unspecified atom stereocenters. The van der Waals surface area contributed by atoms with Crippen LogP contribution >= 0.6 is 0 Å². The van der Waals surface area contributed by atoms with Crippen molar-refractivity contribution in [1.29, 1.82) is 0 Å². The second kappa shape index (κ2) is 10.0. The number of rotatable bonds is 10. The number of carbonyl (C=O) groups is 2. The molecule has 0 bridgehead atoms. The molecule has 23 heavy (non-hydrogen) atoms. The van der Waals surface area contributed by atoms with Crippen LogP contribution < -0.4 is 0 Å². The van der Waals surface area contributed by atoms with Crippen molar-refractivity contribution < 1.29 is 19.1 Å². The van der Waals surface area contributed by atoms with Gasteiger partial charge in [-0.25, -0.2) is 0 Å². The van der Waals surface area contributed by atoms with Crippen LogP contribution in [0.3, 0.4) is 0 Å². The van der Waals surface area contributed by atoms with Crippen LogP contribution in [0.2, 0.25) is 0 Å². The van der Waals surface area contributed by atoms with Gasteiger partial charge in [-0.15, -0.1) is 0 Å². The van der Waals surface area contributed by atoms with Crippen molar-refractivity contribution >= 4 is 11.9 Å². The fourth-order valence-corrected chi connectivity index (χ4v) is 2.56. The Morgan fingerprint density at radius 1 is 0.870 bits per heavy atom. The van der Waals surface area contributed by atoms with Crippen LogP contribution in [0.4, 0.5) is 0 Å². The Kier molecular flexibility index (Phi) is 8.38. The Hall–Kier alpha value is -1.84. The van der Waals surface area contributed by atoms with Crippen LogP contribution in [0.25, 0.3) is 0 Å². The summed E-state index contributed by atoms with van der Waals surface area (Å²) in [7, 11) is 0. The third kappa shape index (κ3) is 5.38. The minimum atomic E-state index is -1.25. The summed E-state index contributed by atoms with van der Waals surface area (Å²) in [5.41, 5.74) is -0.316. The lowest BCUT2D eigenvalue weighted by molar-refractivity contribution is -0.173. The first-order chi connectivity index (χ1) is 11.1. The first-order valence-electron chi connectivity index (χ1n) is 8.49. The Morgan fingerprint density at radius 3 is 1.83 bits per heavy atom. The van der Waals surface area contributed by atoms with Crippen molar-refractivity contribution in [2.75, 3.05) is 13.2 Å². The van der Waals surface area contributed by atoms with E-state index in [2.05, 4.69) is 0 Å². The molecule has 0 aromatic heterocycles. The maximum absolute atomic E-state index is 12.7. The predicted molar refractivity (Wildman–Crippen MR) is 90.0 cm³/mol. The molecule has 4 nitrogen and oxygen atoms in total. The van der Waals surface area contributed by atoms with Crippen LogP contribution in [-0.4, -0.2) is 25.2 Å². The summed E-state index contributed by atoms with van der Waals surface area (Å²) in [6.45, 7) is 6.46. The molecule has 0 saturated heterocycles. The Labute approximate surface area is 139 Å². The van der Waals surface area contributed by atoms with Gasteiger partial charge in [0.1, 0.15) is 0 Å². The Morgan fingerprint density at radius 2 is 1.39 bits per heavy atom. The average molecular weight is 320 g/mol. The number of hydrogen-bond acceptors (Lipinski definition) is 4. The molecular weight excluding hydrogens is 292 g/mol. The molecule has 0 aliphatic carbocycles. The molecule has 0 N–H and O–H groups in total. The van der Waals surface area contributed by atoms with E-state index < -0.39 is 17.4 Å². The highest BCUT2D eigenvalue weighted by atomic mass is 16.6. The van der Waals surface area contributed by atoms with Crippen LogP contribution in [0.15, 0.2) is 30.3 Å². The quantitative estimate of drug-likeness (QED) is 0.484. The maximum atomic E-state index is 12.7. The van der Waals surface area contributed by atoms with E-state index in [1.54, 1.807) is 0 Å². The molecule has 0 heterocycles. The summed E-state index contributed by atoms with van der Waals surface area (Å²) in [6, 6.07) is 9.56. The van der Waals surface area contributed by atoms with E-state index in [4.69, 9.17) is 9.47 Å². The van der Waals surface area contributed by atoms with Crippen molar-refractivity contribution in [3.05, 3.63) is 35.9 Å². The number of benzene rings is 1. The zero-order chi connectivity index (χ0) is 17.1. The Balaban J connectivity index is 3.11. The monoisotopic (exact) mass is 320 g/mol. The summed E-state index contributed by atoms with van der Waals surface area (Å²) in [5.74, 6) is -0.933. The first-order valence-corrected chi connectivity index (χ1v) is 8.49. The molecule has 0 atom stereocenters. The van der Waals surface area contributed by atoms with Gasteiger partial charge in [0.2, 0.25) is 0 Å². The largest absolute Gasteiger partial charge is 0.465 e. The van der Waals surface area contributed by atoms with Crippen molar-refractivity contribution in [1.82, 2.24) is 0 Å². The van der Waals surface area contributed by atoms with Gasteiger partial charge < -0.3 is 9.47 Å². The molecule has 1 aromatic rings. The summed E-state index contributed by atoms with van der Waals surface area (Å²) in [6.07, 6.45) is 2.89. The second-order valence-electron chi connectivity index (χ2n) is 5.77. The molecule has 1 aromatic carbocycles. The smallest absolute Gasteiger partial charge is 0.323 e. The molecule has 1 rings (SSSR count). The molecule has 4 heteroatoms. The van der Waals surface area contributed by atoms with E-state index in [0.717, 1.165) is 18.4 Å². The van der Waals surface area contributed by atoms with Gasteiger partial charge in [-0.2, -0.15) is 0 Å². The molecule has 128 valence electrons. The van der Waals surface area contributed by atoms with E-state index in [0.29, 0.717) is 32.5 Å². The van der Waals surface area contributed by atoms with Gasteiger partial charge in [0.25, 0.3) is 0 Å². The third-order valence-electron chi connectivity index (χ3n) is 3.68. The molecular formula is C19H28O4.